The molecule has 0 aliphatic rings. The van der Waals surface area contributed by atoms with E-state index < -0.39 is 0 Å². The van der Waals surface area contributed by atoms with Crippen LogP contribution in [0.2, 0.25) is 0 Å². The van der Waals surface area contributed by atoms with Gasteiger partial charge in [-0.05, 0) is 18.1 Å². The van der Waals surface area contributed by atoms with Crippen LogP contribution >= 0.6 is 0 Å². The highest BCUT2D eigenvalue weighted by atomic mass is 16.2. The zero-order valence-electron chi connectivity index (χ0n) is 10.0. The quantitative estimate of drug-likeness (QED) is 0.812. The molecule has 0 spiro atoms. The predicted molar refractivity (Wildman–Crippen MR) is 65.0 cm³/mol. The summed E-state index contributed by atoms with van der Waals surface area (Å²) in [7, 11) is 3.44. The third-order valence-corrected chi connectivity index (χ3v) is 2.46. The zero-order valence-corrected chi connectivity index (χ0v) is 10.0. The minimum atomic E-state index is -0.0876. The van der Waals surface area contributed by atoms with E-state index in [9.17, 15) is 4.79 Å². The van der Waals surface area contributed by atoms with Gasteiger partial charge in [0, 0.05) is 20.6 Å². The van der Waals surface area contributed by atoms with Crippen LogP contribution in [0.3, 0.4) is 0 Å². The van der Waals surface area contributed by atoms with Crippen molar-refractivity contribution in [1.82, 2.24) is 10.2 Å². The summed E-state index contributed by atoms with van der Waals surface area (Å²) in [6.45, 7) is 2.50. The first-order valence-corrected chi connectivity index (χ1v) is 5.31. The van der Waals surface area contributed by atoms with Gasteiger partial charge in [-0.3, -0.25) is 0 Å². The number of nitrogens with two attached hydrogens (primary N) is 1. The van der Waals surface area contributed by atoms with Crippen LogP contribution < -0.4 is 11.1 Å². The number of carbonyl (C=O) groups is 1. The Kier molecular flexibility index (Phi) is 4.31. The van der Waals surface area contributed by atoms with E-state index in [-0.39, 0.29) is 12.1 Å². The molecular formula is C12H19N3O. The first-order chi connectivity index (χ1) is 7.54. The molecule has 0 fully saturated rings. The molecule has 0 saturated carbocycles. The van der Waals surface area contributed by atoms with E-state index >= 15 is 0 Å². The van der Waals surface area contributed by atoms with E-state index in [0.717, 1.165) is 11.1 Å². The van der Waals surface area contributed by atoms with Gasteiger partial charge in [0.15, 0.2) is 0 Å². The molecule has 0 saturated heterocycles. The van der Waals surface area contributed by atoms with Gasteiger partial charge in [0.25, 0.3) is 0 Å². The molecule has 88 valence electrons. The second kappa shape index (κ2) is 5.51. The highest BCUT2D eigenvalue weighted by Gasteiger charge is 2.10. The van der Waals surface area contributed by atoms with Gasteiger partial charge < -0.3 is 16.0 Å². The topological polar surface area (TPSA) is 58.4 Å². The largest absolute Gasteiger partial charge is 0.331 e. The minimum absolute atomic E-state index is 0.00160. The van der Waals surface area contributed by atoms with Gasteiger partial charge in [0.05, 0.1) is 6.04 Å². The van der Waals surface area contributed by atoms with Crippen molar-refractivity contribution < 1.29 is 4.79 Å². The lowest BCUT2D eigenvalue weighted by Crippen LogP contribution is -2.36. The van der Waals surface area contributed by atoms with E-state index in [1.807, 2.05) is 31.2 Å². The van der Waals surface area contributed by atoms with Crippen molar-refractivity contribution in [2.75, 3.05) is 14.1 Å². The van der Waals surface area contributed by atoms with E-state index in [0.29, 0.717) is 6.54 Å². The predicted octanol–water partition coefficient (Wildman–Crippen LogP) is 1.48. The fourth-order valence-corrected chi connectivity index (χ4v) is 1.34. The van der Waals surface area contributed by atoms with Crippen LogP contribution in [0.1, 0.15) is 24.1 Å². The molecular weight excluding hydrogens is 202 g/mol. The normalized spacial score (nSPS) is 12.0. The van der Waals surface area contributed by atoms with E-state index in [4.69, 9.17) is 5.73 Å². The summed E-state index contributed by atoms with van der Waals surface area (Å²) in [5, 5.41) is 2.89. The molecule has 1 unspecified atom stereocenters. The standard InChI is InChI=1S/C12H19N3O/c1-9(14-12(16)15(2)3)11-6-4-10(8-13)5-7-11/h4-7,9H,8,13H2,1-3H3,(H,14,16). The molecule has 1 atom stereocenters. The number of rotatable bonds is 3. The van der Waals surface area contributed by atoms with Gasteiger partial charge in [-0.2, -0.15) is 0 Å². The van der Waals surface area contributed by atoms with Crippen molar-refractivity contribution in [3.63, 3.8) is 0 Å². The molecule has 0 bridgehead atoms. The van der Waals surface area contributed by atoms with Gasteiger partial charge in [-0.1, -0.05) is 24.3 Å². The molecule has 1 rings (SSSR count). The Labute approximate surface area is 96.4 Å². The fraction of sp³-hybridized carbons (Fsp3) is 0.417. The van der Waals surface area contributed by atoms with Crippen molar-refractivity contribution in [3.05, 3.63) is 35.4 Å². The lowest BCUT2D eigenvalue weighted by molar-refractivity contribution is 0.214. The number of nitrogens with zero attached hydrogens (tertiary/aromatic N) is 1. The maximum atomic E-state index is 11.4. The summed E-state index contributed by atoms with van der Waals surface area (Å²) in [4.78, 5) is 13.0. The van der Waals surface area contributed by atoms with Gasteiger partial charge in [-0.25, -0.2) is 4.79 Å². The Balaban J connectivity index is 2.65. The number of nitrogens with one attached hydrogen (secondary N) is 1. The third-order valence-electron chi connectivity index (χ3n) is 2.46. The number of carbonyl (C=O) groups excluding carboxylic acids is 1. The van der Waals surface area contributed by atoms with Crippen LogP contribution in [0.15, 0.2) is 24.3 Å². The van der Waals surface area contributed by atoms with Crippen molar-refractivity contribution in [3.8, 4) is 0 Å². The molecule has 3 N–H and O–H groups in total. The summed E-state index contributed by atoms with van der Waals surface area (Å²) in [6.07, 6.45) is 0. The molecule has 2 amide bonds. The van der Waals surface area contributed by atoms with Crippen LogP contribution in [0.25, 0.3) is 0 Å². The van der Waals surface area contributed by atoms with Crippen LogP contribution in [0.4, 0.5) is 4.79 Å². The number of benzene rings is 1. The van der Waals surface area contributed by atoms with Gasteiger partial charge >= 0.3 is 6.03 Å². The molecule has 0 aliphatic heterocycles. The second-order valence-corrected chi connectivity index (χ2v) is 4.01. The summed E-state index contributed by atoms with van der Waals surface area (Å²) in [5.41, 5.74) is 7.69. The van der Waals surface area contributed by atoms with Gasteiger partial charge in [0.1, 0.15) is 0 Å². The maximum Gasteiger partial charge on any atom is 0.317 e. The van der Waals surface area contributed by atoms with E-state index in [1.54, 1.807) is 14.1 Å². The molecule has 0 aliphatic carbocycles. The third kappa shape index (κ3) is 3.24. The zero-order chi connectivity index (χ0) is 12.1. The van der Waals surface area contributed by atoms with E-state index in [1.165, 1.54) is 4.90 Å². The molecule has 0 radical (unpaired) electrons. The second-order valence-electron chi connectivity index (χ2n) is 4.01. The molecule has 1 aromatic carbocycles. The summed E-state index contributed by atoms with van der Waals surface area (Å²) < 4.78 is 0. The Bertz CT molecular complexity index is 346. The first-order valence-electron chi connectivity index (χ1n) is 5.31. The van der Waals surface area contributed by atoms with Crippen molar-refractivity contribution >= 4 is 6.03 Å². The van der Waals surface area contributed by atoms with E-state index in [2.05, 4.69) is 5.32 Å². The smallest absolute Gasteiger partial charge is 0.317 e. The lowest BCUT2D eigenvalue weighted by atomic mass is 10.1. The number of hydrogen-bond donors (Lipinski definition) is 2. The number of urea groups is 1. The van der Waals surface area contributed by atoms with Crippen molar-refractivity contribution in [2.45, 2.75) is 19.5 Å². The van der Waals surface area contributed by atoms with Crippen molar-refractivity contribution in [2.24, 2.45) is 5.73 Å². The summed E-state index contributed by atoms with van der Waals surface area (Å²) in [6, 6.07) is 7.85. The summed E-state index contributed by atoms with van der Waals surface area (Å²) in [5.74, 6) is 0. The summed E-state index contributed by atoms with van der Waals surface area (Å²) >= 11 is 0. The van der Waals surface area contributed by atoms with Crippen LogP contribution in [-0.4, -0.2) is 25.0 Å². The number of amides is 2. The Morgan fingerprint density at radius 2 is 1.94 bits per heavy atom. The average Bonchev–Trinajstić information content (AvgIpc) is 2.28. The highest BCUT2D eigenvalue weighted by Crippen LogP contribution is 2.13. The Hall–Kier alpha value is -1.55. The van der Waals surface area contributed by atoms with Gasteiger partial charge in [-0.15, -0.1) is 0 Å². The van der Waals surface area contributed by atoms with Crippen LogP contribution in [-0.2, 0) is 6.54 Å². The lowest BCUT2D eigenvalue weighted by Gasteiger charge is -2.18. The van der Waals surface area contributed by atoms with Crippen molar-refractivity contribution in [1.29, 1.82) is 0 Å². The molecule has 1 aromatic rings. The van der Waals surface area contributed by atoms with Crippen LogP contribution in [0, 0.1) is 0 Å². The molecule has 16 heavy (non-hydrogen) atoms. The van der Waals surface area contributed by atoms with Gasteiger partial charge in [0.2, 0.25) is 0 Å². The monoisotopic (exact) mass is 221 g/mol. The Morgan fingerprint density at radius 3 is 2.38 bits per heavy atom. The fourth-order valence-electron chi connectivity index (χ4n) is 1.34. The number of hydrogen-bond acceptors (Lipinski definition) is 2. The van der Waals surface area contributed by atoms with Crippen LogP contribution in [0.5, 0.6) is 0 Å². The first kappa shape index (κ1) is 12.5. The molecule has 4 heteroatoms. The molecule has 0 aromatic heterocycles. The molecule has 0 heterocycles. The molecule has 4 nitrogen and oxygen atoms in total. The SMILES string of the molecule is CC(NC(=O)N(C)C)c1ccc(CN)cc1. The average molecular weight is 221 g/mol. The minimum Gasteiger partial charge on any atom is -0.331 e. The Morgan fingerprint density at radius 1 is 1.38 bits per heavy atom. The highest BCUT2D eigenvalue weighted by molar-refractivity contribution is 5.74. The maximum absolute atomic E-state index is 11.4.